The molecule has 0 saturated carbocycles. The van der Waals surface area contributed by atoms with Crippen molar-refractivity contribution in [2.24, 2.45) is 5.92 Å². The van der Waals surface area contributed by atoms with Crippen molar-refractivity contribution in [1.29, 1.82) is 0 Å². The lowest BCUT2D eigenvalue weighted by molar-refractivity contribution is -0.154. The van der Waals surface area contributed by atoms with Crippen LogP contribution in [-0.2, 0) is 20.9 Å². The Morgan fingerprint density at radius 2 is 1.74 bits per heavy atom. The molecule has 0 aliphatic carbocycles. The molecule has 0 heterocycles. The molecule has 0 spiro atoms. The number of esters is 1. The third-order valence-corrected chi connectivity index (χ3v) is 3.14. The second-order valence-corrected chi connectivity index (χ2v) is 5.72. The number of benzene rings is 1. The van der Waals surface area contributed by atoms with Crippen molar-refractivity contribution in [2.45, 2.75) is 46.3 Å². The Kier molecular flexibility index (Phi) is 7.80. The van der Waals surface area contributed by atoms with Gasteiger partial charge in [-0.15, -0.1) is 0 Å². The predicted octanol–water partition coefficient (Wildman–Crippen LogP) is 2.38. The Hall–Kier alpha value is -2.37. The standard InChI is InChI=1S/C17H24N2O4/c1-12(2)9-10-15(20)23-13(3)16(21)19-17(22)18-11-14-7-5-4-6-8-14/h4-8,12-13H,9-11H2,1-3H3,(H2,18,19,21,22)/t13-/m0/s1. The third-order valence-electron chi connectivity index (χ3n) is 3.14. The number of carbonyl (C=O) groups is 3. The maximum atomic E-state index is 11.8. The van der Waals surface area contributed by atoms with E-state index >= 15 is 0 Å². The van der Waals surface area contributed by atoms with Crippen LogP contribution in [0.15, 0.2) is 30.3 Å². The van der Waals surface area contributed by atoms with Gasteiger partial charge in [-0.1, -0.05) is 44.2 Å². The van der Waals surface area contributed by atoms with E-state index in [4.69, 9.17) is 4.74 Å². The summed E-state index contributed by atoms with van der Waals surface area (Å²) in [5.41, 5.74) is 0.920. The number of amides is 3. The summed E-state index contributed by atoms with van der Waals surface area (Å²) < 4.78 is 5.00. The number of rotatable bonds is 7. The van der Waals surface area contributed by atoms with Crippen LogP contribution in [0.5, 0.6) is 0 Å². The van der Waals surface area contributed by atoms with Gasteiger partial charge in [-0.05, 0) is 24.8 Å². The molecule has 0 radical (unpaired) electrons. The zero-order valence-corrected chi connectivity index (χ0v) is 13.8. The molecule has 23 heavy (non-hydrogen) atoms. The molecule has 0 aliphatic heterocycles. The highest BCUT2D eigenvalue weighted by atomic mass is 16.5. The smallest absolute Gasteiger partial charge is 0.321 e. The van der Waals surface area contributed by atoms with Crippen LogP contribution in [0.4, 0.5) is 4.79 Å². The van der Waals surface area contributed by atoms with E-state index in [1.54, 1.807) is 0 Å². The number of hydrogen-bond acceptors (Lipinski definition) is 4. The zero-order chi connectivity index (χ0) is 17.2. The zero-order valence-electron chi connectivity index (χ0n) is 13.8. The molecule has 0 saturated heterocycles. The fraction of sp³-hybridized carbons (Fsp3) is 0.471. The van der Waals surface area contributed by atoms with Crippen LogP contribution < -0.4 is 10.6 Å². The van der Waals surface area contributed by atoms with E-state index in [9.17, 15) is 14.4 Å². The van der Waals surface area contributed by atoms with Crippen LogP contribution in [0, 0.1) is 5.92 Å². The van der Waals surface area contributed by atoms with Gasteiger partial charge in [-0.25, -0.2) is 4.79 Å². The summed E-state index contributed by atoms with van der Waals surface area (Å²) in [5.74, 6) is -0.699. The minimum atomic E-state index is -1.00. The SMILES string of the molecule is CC(C)CCC(=O)O[C@@H](C)C(=O)NC(=O)NCc1ccccc1. The van der Waals surface area contributed by atoms with Crippen LogP contribution in [0.2, 0.25) is 0 Å². The summed E-state index contributed by atoms with van der Waals surface area (Å²) in [6.07, 6.45) is -0.0441. The molecule has 1 atom stereocenters. The maximum Gasteiger partial charge on any atom is 0.321 e. The fourth-order valence-electron chi connectivity index (χ4n) is 1.75. The second-order valence-electron chi connectivity index (χ2n) is 5.72. The number of carbonyl (C=O) groups excluding carboxylic acids is 3. The fourth-order valence-corrected chi connectivity index (χ4v) is 1.75. The van der Waals surface area contributed by atoms with Gasteiger partial charge in [0, 0.05) is 13.0 Å². The molecular weight excluding hydrogens is 296 g/mol. The molecule has 2 N–H and O–H groups in total. The largest absolute Gasteiger partial charge is 0.453 e. The second kappa shape index (κ2) is 9.61. The van der Waals surface area contributed by atoms with Crippen molar-refractivity contribution < 1.29 is 19.1 Å². The number of ether oxygens (including phenoxy) is 1. The molecule has 0 aliphatic rings. The van der Waals surface area contributed by atoms with Crippen LogP contribution in [0.1, 0.15) is 39.2 Å². The first-order chi connectivity index (χ1) is 10.9. The van der Waals surface area contributed by atoms with E-state index in [2.05, 4.69) is 10.6 Å². The lowest BCUT2D eigenvalue weighted by Gasteiger charge is -2.13. The lowest BCUT2D eigenvalue weighted by Crippen LogP contribution is -2.44. The van der Waals surface area contributed by atoms with Gasteiger partial charge in [0.1, 0.15) is 0 Å². The summed E-state index contributed by atoms with van der Waals surface area (Å²) in [6, 6.07) is 8.70. The van der Waals surface area contributed by atoms with Gasteiger partial charge >= 0.3 is 12.0 Å². The Balaban J connectivity index is 2.30. The molecular formula is C17H24N2O4. The van der Waals surface area contributed by atoms with E-state index in [0.717, 1.165) is 5.56 Å². The van der Waals surface area contributed by atoms with E-state index in [0.29, 0.717) is 18.9 Å². The highest BCUT2D eigenvalue weighted by Gasteiger charge is 2.19. The Morgan fingerprint density at radius 3 is 2.35 bits per heavy atom. The van der Waals surface area contributed by atoms with E-state index < -0.39 is 24.0 Å². The number of urea groups is 1. The lowest BCUT2D eigenvalue weighted by atomic mass is 10.1. The van der Waals surface area contributed by atoms with Gasteiger partial charge in [0.15, 0.2) is 6.10 Å². The molecule has 0 fully saturated rings. The summed E-state index contributed by atoms with van der Waals surface area (Å²) in [4.78, 5) is 35.0. The van der Waals surface area contributed by atoms with Crippen molar-refractivity contribution in [1.82, 2.24) is 10.6 Å². The summed E-state index contributed by atoms with van der Waals surface area (Å²) in [6.45, 7) is 5.75. The molecule has 1 aromatic carbocycles. The van der Waals surface area contributed by atoms with Gasteiger partial charge < -0.3 is 10.1 Å². The number of hydrogen-bond donors (Lipinski definition) is 2. The first-order valence-corrected chi connectivity index (χ1v) is 7.70. The monoisotopic (exact) mass is 320 g/mol. The Bertz CT molecular complexity index is 529. The van der Waals surface area contributed by atoms with Gasteiger partial charge in [0.25, 0.3) is 5.91 Å². The summed E-state index contributed by atoms with van der Waals surface area (Å²) in [7, 11) is 0. The topological polar surface area (TPSA) is 84.5 Å². The van der Waals surface area contributed by atoms with Gasteiger partial charge in [-0.2, -0.15) is 0 Å². The average molecular weight is 320 g/mol. The van der Waals surface area contributed by atoms with Crippen LogP contribution in [0.25, 0.3) is 0 Å². The predicted molar refractivity (Wildman–Crippen MR) is 86.4 cm³/mol. The molecule has 0 bridgehead atoms. The highest BCUT2D eigenvalue weighted by molar-refractivity contribution is 5.97. The van der Waals surface area contributed by atoms with Gasteiger partial charge in [0.05, 0.1) is 0 Å². The van der Waals surface area contributed by atoms with Crippen LogP contribution >= 0.6 is 0 Å². The molecule has 0 aromatic heterocycles. The highest BCUT2D eigenvalue weighted by Crippen LogP contribution is 2.06. The first kappa shape index (κ1) is 18.7. The summed E-state index contributed by atoms with van der Waals surface area (Å²) in [5, 5.41) is 4.72. The van der Waals surface area contributed by atoms with Gasteiger partial charge in [0.2, 0.25) is 0 Å². The van der Waals surface area contributed by atoms with Crippen molar-refractivity contribution in [2.75, 3.05) is 0 Å². The third kappa shape index (κ3) is 7.99. The number of nitrogens with one attached hydrogen (secondary N) is 2. The van der Waals surface area contributed by atoms with E-state index in [1.165, 1.54) is 6.92 Å². The minimum Gasteiger partial charge on any atom is -0.453 e. The van der Waals surface area contributed by atoms with E-state index in [1.807, 2.05) is 44.2 Å². The van der Waals surface area contributed by atoms with Crippen LogP contribution in [0.3, 0.4) is 0 Å². The average Bonchev–Trinajstić information content (AvgIpc) is 2.51. The molecule has 1 aromatic rings. The Morgan fingerprint density at radius 1 is 1.09 bits per heavy atom. The molecule has 6 nitrogen and oxygen atoms in total. The van der Waals surface area contributed by atoms with E-state index in [-0.39, 0.29) is 6.42 Å². The minimum absolute atomic E-state index is 0.259. The molecule has 126 valence electrons. The number of imide groups is 1. The van der Waals surface area contributed by atoms with Crippen molar-refractivity contribution >= 4 is 17.9 Å². The summed E-state index contributed by atoms with van der Waals surface area (Å²) >= 11 is 0. The quantitative estimate of drug-likeness (QED) is 0.755. The van der Waals surface area contributed by atoms with Crippen molar-refractivity contribution in [3.05, 3.63) is 35.9 Å². The first-order valence-electron chi connectivity index (χ1n) is 7.70. The van der Waals surface area contributed by atoms with Crippen LogP contribution in [-0.4, -0.2) is 24.0 Å². The molecule has 1 rings (SSSR count). The van der Waals surface area contributed by atoms with Crippen molar-refractivity contribution in [3.63, 3.8) is 0 Å². The van der Waals surface area contributed by atoms with Crippen molar-refractivity contribution in [3.8, 4) is 0 Å². The molecule has 0 unspecified atom stereocenters. The maximum absolute atomic E-state index is 11.8. The molecule has 6 heteroatoms. The van der Waals surface area contributed by atoms with Gasteiger partial charge in [-0.3, -0.25) is 14.9 Å². The Labute approximate surface area is 136 Å². The normalized spacial score (nSPS) is 11.7. The molecule has 3 amide bonds.